The van der Waals surface area contributed by atoms with E-state index in [0.29, 0.717) is 19.1 Å². The molecule has 2 aliphatic rings. The highest BCUT2D eigenvalue weighted by atomic mass is 16.7. The molecule has 1 saturated carbocycles. The van der Waals surface area contributed by atoms with Gasteiger partial charge in [-0.2, -0.15) is 0 Å². The van der Waals surface area contributed by atoms with Crippen LogP contribution in [0.4, 0.5) is 0 Å². The van der Waals surface area contributed by atoms with Crippen molar-refractivity contribution in [3.63, 3.8) is 0 Å². The molecule has 0 radical (unpaired) electrons. The molecule has 25 heavy (non-hydrogen) atoms. The van der Waals surface area contributed by atoms with Crippen LogP contribution >= 0.6 is 0 Å². The normalized spacial score (nSPS) is 28.0. The van der Waals surface area contributed by atoms with Gasteiger partial charge in [0.25, 0.3) is 0 Å². The number of hydrogen-bond acceptors (Lipinski definition) is 4. The quantitative estimate of drug-likeness (QED) is 0.484. The Morgan fingerprint density at radius 1 is 1.20 bits per heavy atom. The van der Waals surface area contributed by atoms with E-state index in [4.69, 9.17) is 14.2 Å². The third kappa shape index (κ3) is 5.55. The highest BCUT2D eigenvalue weighted by molar-refractivity contribution is 5.78. The van der Waals surface area contributed by atoms with Crippen LogP contribution in [-0.2, 0) is 19.0 Å². The molecule has 4 nitrogen and oxygen atoms in total. The molecular weight excluding hydrogens is 316 g/mol. The van der Waals surface area contributed by atoms with Crippen LogP contribution < -0.4 is 0 Å². The van der Waals surface area contributed by atoms with E-state index in [9.17, 15) is 4.79 Å². The molecule has 0 N–H and O–H groups in total. The van der Waals surface area contributed by atoms with Crippen molar-refractivity contribution in [2.45, 2.75) is 85.5 Å². The Balaban J connectivity index is 1.76. The molecule has 0 aromatic heterocycles. The van der Waals surface area contributed by atoms with E-state index in [2.05, 4.69) is 26.8 Å². The number of rotatable bonds is 7. The second-order valence-electron chi connectivity index (χ2n) is 9.40. The molecule has 1 aliphatic carbocycles. The molecule has 0 aromatic carbocycles. The van der Waals surface area contributed by atoms with Crippen LogP contribution in [0.1, 0.15) is 74.1 Å². The van der Waals surface area contributed by atoms with Crippen LogP contribution in [0.2, 0.25) is 0 Å². The molecule has 144 valence electrons. The lowest BCUT2D eigenvalue weighted by atomic mass is 10.0. The van der Waals surface area contributed by atoms with Gasteiger partial charge in [0.15, 0.2) is 5.79 Å². The van der Waals surface area contributed by atoms with Crippen molar-refractivity contribution in [1.29, 1.82) is 0 Å². The first kappa shape index (κ1) is 20.4. The zero-order valence-electron chi connectivity index (χ0n) is 17.1. The van der Waals surface area contributed by atoms with Gasteiger partial charge in [0.2, 0.25) is 0 Å². The Hall–Kier alpha value is -0.870. The first-order chi connectivity index (χ1) is 11.4. The summed E-state index contributed by atoms with van der Waals surface area (Å²) in [5.41, 5.74) is 1.03. The Kier molecular flexibility index (Phi) is 6.05. The molecule has 1 saturated heterocycles. The lowest BCUT2D eigenvalue weighted by molar-refractivity contribution is -0.157. The number of ether oxygens (including phenoxy) is 3. The summed E-state index contributed by atoms with van der Waals surface area (Å²) in [6.07, 6.45) is 6.22. The van der Waals surface area contributed by atoms with E-state index >= 15 is 0 Å². The van der Waals surface area contributed by atoms with E-state index < -0.39 is 11.4 Å². The summed E-state index contributed by atoms with van der Waals surface area (Å²) in [6, 6.07) is 0. The van der Waals surface area contributed by atoms with Gasteiger partial charge in [-0.05, 0) is 65.2 Å². The summed E-state index contributed by atoms with van der Waals surface area (Å²) in [5.74, 6) is 0.0212. The Labute approximate surface area is 153 Å². The zero-order chi connectivity index (χ0) is 18.9. The van der Waals surface area contributed by atoms with Gasteiger partial charge < -0.3 is 14.2 Å². The largest absolute Gasteiger partial charge is 0.460 e. The molecule has 2 rings (SSSR count). The van der Waals surface area contributed by atoms with Crippen molar-refractivity contribution >= 4 is 5.97 Å². The van der Waals surface area contributed by atoms with Crippen LogP contribution in [0.3, 0.4) is 0 Å². The van der Waals surface area contributed by atoms with Crippen LogP contribution in [0.5, 0.6) is 0 Å². The zero-order valence-corrected chi connectivity index (χ0v) is 17.1. The summed E-state index contributed by atoms with van der Waals surface area (Å²) < 4.78 is 16.9. The van der Waals surface area contributed by atoms with Crippen LogP contribution in [-0.4, -0.2) is 30.6 Å². The van der Waals surface area contributed by atoms with E-state index in [1.807, 2.05) is 27.7 Å². The lowest BCUT2D eigenvalue weighted by Crippen LogP contribution is -2.26. The molecule has 0 spiro atoms. The monoisotopic (exact) mass is 352 g/mol. The fourth-order valence-electron chi connectivity index (χ4n) is 3.88. The third-order valence-corrected chi connectivity index (χ3v) is 5.55. The highest BCUT2D eigenvalue weighted by Gasteiger charge is 2.62. The first-order valence-corrected chi connectivity index (χ1v) is 9.61. The lowest BCUT2D eigenvalue weighted by Gasteiger charge is -2.21. The van der Waals surface area contributed by atoms with Crippen molar-refractivity contribution in [3.05, 3.63) is 11.6 Å². The van der Waals surface area contributed by atoms with E-state index in [-0.39, 0.29) is 17.3 Å². The Bertz CT molecular complexity index is 506. The molecule has 1 heterocycles. The number of allylic oxidation sites excluding steroid dienone is 2. The number of esters is 1. The standard InChI is InChI=1S/C21H36O4/c1-15(9-8-12-21(7)23-13-14-24-21)10-11-16-17(20(16,5)6)18(22)25-19(2,3)4/h9,16-17H,8,10-14H2,1-7H3/b15-9+/t16-,17+/m1/s1. The molecule has 0 bridgehead atoms. The minimum Gasteiger partial charge on any atom is -0.460 e. The number of carbonyl (C=O) groups is 1. The maximum Gasteiger partial charge on any atom is 0.310 e. The van der Waals surface area contributed by atoms with Crippen LogP contribution in [0.25, 0.3) is 0 Å². The summed E-state index contributed by atoms with van der Waals surface area (Å²) >= 11 is 0. The van der Waals surface area contributed by atoms with Gasteiger partial charge in [0, 0.05) is 6.42 Å². The molecule has 1 aliphatic heterocycles. The van der Waals surface area contributed by atoms with Crippen LogP contribution in [0.15, 0.2) is 11.6 Å². The van der Waals surface area contributed by atoms with Crippen molar-refractivity contribution in [3.8, 4) is 0 Å². The predicted octanol–water partition coefficient (Wildman–Crippen LogP) is 4.87. The fraction of sp³-hybridized carbons (Fsp3) is 0.857. The SMILES string of the molecule is C/C(=C\CCC1(C)OCCO1)CC[C@@H]1[C@@H](C(=O)OC(C)(C)C)C1(C)C. The Morgan fingerprint density at radius 2 is 1.80 bits per heavy atom. The van der Waals surface area contributed by atoms with Crippen molar-refractivity contribution in [2.24, 2.45) is 17.3 Å². The van der Waals surface area contributed by atoms with E-state index in [0.717, 1.165) is 25.7 Å². The van der Waals surface area contributed by atoms with Crippen molar-refractivity contribution < 1.29 is 19.0 Å². The second-order valence-corrected chi connectivity index (χ2v) is 9.40. The maximum atomic E-state index is 12.4. The van der Waals surface area contributed by atoms with Crippen molar-refractivity contribution in [2.75, 3.05) is 13.2 Å². The smallest absolute Gasteiger partial charge is 0.310 e. The number of carbonyl (C=O) groups excluding carboxylic acids is 1. The average Bonchev–Trinajstić information content (AvgIpc) is 2.76. The van der Waals surface area contributed by atoms with Gasteiger partial charge in [0.05, 0.1) is 19.1 Å². The van der Waals surface area contributed by atoms with Gasteiger partial charge >= 0.3 is 5.97 Å². The van der Waals surface area contributed by atoms with Gasteiger partial charge in [-0.1, -0.05) is 25.5 Å². The summed E-state index contributed by atoms with van der Waals surface area (Å²) in [6.45, 7) is 15.7. The molecule has 0 unspecified atom stereocenters. The predicted molar refractivity (Wildman–Crippen MR) is 99.1 cm³/mol. The topological polar surface area (TPSA) is 44.8 Å². The second kappa shape index (κ2) is 7.40. The third-order valence-electron chi connectivity index (χ3n) is 5.55. The molecular formula is C21H36O4. The van der Waals surface area contributed by atoms with E-state index in [1.165, 1.54) is 5.57 Å². The minimum absolute atomic E-state index is 0.0346. The van der Waals surface area contributed by atoms with Crippen LogP contribution in [0, 0.1) is 17.3 Å². The number of hydrogen-bond donors (Lipinski definition) is 0. The highest BCUT2D eigenvalue weighted by Crippen LogP contribution is 2.61. The summed E-state index contributed by atoms with van der Waals surface area (Å²) in [4.78, 5) is 12.4. The first-order valence-electron chi connectivity index (χ1n) is 9.61. The minimum atomic E-state index is -0.406. The maximum absolute atomic E-state index is 12.4. The molecule has 2 fully saturated rings. The van der Waals surface area contributed by atoms with Gasteiger partial charge in [0.1, 0.15) is 5.60 Å². The molecule has 4 heteroatoms. The van der Waals surface area contributed by atoms with Crippen molar-refractivity contribution in [1.82, 2.24) is 0 Å². The van der Waals surface area contributed by atoms with Gasteiger partial charge in [-0.15, -0.1) is 0 Å². The molecule has 0 aromatic rings. The average molecular weight is 353 g/mol. The van der Waals surface area contributed by atoms with E-state index in [1.54, 1.807) is 0 Å². The van der Waals surface area contributed by atoms with Gasteiger partial charge in [-0.25, -0.2) is 0 Å². The molecule has 2 atom stereocenters. The van der Waals surface area contributed by atoms with Gasteiger partial charge in [-0.3, -0.25) is 4.79 Å². The summed E-state index contributed by atoms with van der Waals surface area (Å²) in [5, 5.41) is 0. The molecule has 0 amide bonds. The Morgan fingerprint density at radius 3 is 2.36 bits per heavy atom. The fourth-order valence-corrected chi connectivity index (χ4v) is 3.88. The summed E-state index contributed by atoms with van der Waals surface area (Å²) in [7, 11) is 0.